The third-order valence-corrected chi connectivity index (χ3v) is 2.76. The van der Waals surface area contributed by atoms with E-state index in [-0.39, 0.29) is 0 Å². The zero-order chi connectivity index (χ0) is 11.8. The third-order valence-electron chi connectivity index (χ3n) is 2.76. The van der Waals surface area contributed by atoms with Crippen LogP contribution >= 0.6 is 0 Å². The van der Waals surface area contributed by atoms with Crippen LogP contribution in [0.4, 0.5) is 0 Å². The first-order valence-corrected chi connectivity index (χ1v) is 5.32. The minimum absolute atomic E-state index is 0.837. The van der Waals surface area contributed by atoms with E-state index in [9.17, 15) is 5.11 Å². The molecule has 0 heterocycles. The molecule has 0 saturated carbocycles. The van der Waals surface area contributed by atoms with Crippen molar-refractivity contribution < 1.29 is 9.84 Å². The molecule has 1 N–H and O–H groups in total. The number of fused-ring (bicyclic) bond motifs is 1. The van der Waals surface area contributed by atoms with Gasteiger partial charge in [-0.3, -0.25) is 0 Å². The van der Waals surface area contributed by atoms with Gasteiger partial charge in [-0.2, -0.15) is 0 Å². The van der Waals surface area contributed by atoms with E-state index in [0.29, 0.717) is 0 Å². The van der Waals surface area contributed by atoms with Crippen LogP contribution in [0.5, 0.6) is 5.75 Å². The monoisotopic (exact) mass is 216 g/mol. The predicted octanol–water partition coefficient (Wildman–Crippen LogP) is 3.08. The molecule has 0 bridgehead atoms. The van der Waals surface area contributed by atoms with Crippen LogP contribution in [-0.4, -0.2) is 12.2 Å². The van der Waals surface area contributed by atoms with E-state index in [1.165, 1.54) is 0 Å². The van der Waals surface area contributed by atoms with Crippen LogP contribution in [0.15, 0.2) is 36.4 Å². The van der Waals surface area contributed by atoms with Crippen molar-refractivity contribution in [3.05, 3.63) is 42.0 Å². The van der Waals surface area contributed by atoms with Gasteiger partial charge in [0.2, 0.25) is 0 Å². The standard InChI is InChI=1S/C14H16O2/c1-14(2,15)12-8-9-13(16-3)11-7-5-4-6-10(11)12/h4-9,15H,1-3H3. The third kappa shape index (κ3) is 1.76. The Morgan fingerprint density at radius 1 is 1.00 bits per heavy atom. The number of ether oxygens (including phenoxy) is 1. The van der Waals surface area contributed by atoms with Gasteiger partial charge in [0.25, 0.3) is 0 Å². The Morgan fingerprint density at radius 3 is 2.19 bits per heavy atom. The molecule has 0 aromatic heterocycles. The molecule has 2 rings (SSSR count). The van der Waals surface area contributed by atoms with Crippen LogP contribution < -0.4 is 4.74 Å². The van der Waals surface area contributed by atoms with Gasteiger partial charge >= 0.3 is 0 Å². The second kappa shape index (κ2) is 3.80. The average molecular weight is 216 g/mol. The second-order valence-electron chi connectivity index (χ2n) is 4.42. The van der Waals surface area contributed by atoms with Crippen LogP contribution in [0.25, 0.3) is 10.8 Å². The largest absolute Gasteiger partial charge is 0.496 e. The number of hydrogen-bond donors (Lipinski definition) is 1. The van der Waals surface area contributed by atoms with Crippen LogP contribution in [0, 0.1) is 0 Å². The van der Waals surface area contributed by atoms with Gasteiger partial charge in [-0.25, -0.2) is 0 Å². The Balaban J connectivity index is 2.80. The van der Waals surface area contributed by atoms with Crippen molar-refractivity contribution in [3.8, 4) is 5.75 Å². The van der Waals surface area contributed by atoms with Gasteiger partial charge in [-0.15, -0.1) is 0 Å². The number of benzene rings is 2. The van der Waals surface area contributed by atoms with E-state index in [2.05, 4.69) is 0 Å². The minimum atomic E-state index is -0.841. The van der Waals surface area contributed by atoms with Gasteiger partial charge in [0.05, 0.1) is 12.7 Å². The van der Waals surface area contributed by atoms with Gasteiger partial charge in [0, 0.05) is 5.39 Å². The van der Waals surface area contributed by atoms with Crippen molar-refractivity contribution in [1.82, 2.24) is 0 Å². The molecule has 2 aromatic carbocycles. The molecule has 0 spiro atoms. The predicted molar refractivity (Wildman–Crippen MR) is 65.7 cm³/mol. The Hall–Kier alpha value is -1.54. The molecule has 2 nitrogen and oxygen atoms in total. The lowest BCUT2D eigenvalue weighted by Gasteiger charge is -2.21. The minimum Gasteiger partial charge on any atom is -0.496 e. The first-order chi connectivity index (χ1) is 7.54. The van der Waals surface area contributed by atoms with Crippen LogP contribution in [0.1, 0.15) is 19.4 Å². The fraction of sp³-hybridized carbons (Fsp3) is 0.286. The molecule has 0 saturated heterocycles. The van der Waals surface area contributed by atoms with Crippen molar-refractivity contribution in [1.29, 1.82) is 0 Å². The summed E-state index contributed by atoms with van der Waals surface area (Å²) in [5, 5.41) is 12.2. The lowest BCUT2D eigenvalue weighted by atomic mass is 9.92. The number of aliphatic hydroxyl groups is 1. The molecule has 0 atom stereocenters. The van der Waals surface area contributed by atoms with Gasteiger partial charge < -0.3 is 9.84 Å². The maximum atomic E-state index is 10.1. The number of rotatable bonds is 2. The zero-order valence-electron chi connectivity index (χ0n) is 9.82. The van der Waals surface area contributed by atoms with Crippen molar-refractivity contribution in [2.75, 3.05) is 7.11 Å². The van der Waals surface area contributed by atoms with E-state index < -0.39 is 5.60 Å². The average Bonchev–Trinajstić information content (AvgIpc) is 2.26. The molecule has 84 valence electrons. The molecule has 0 aliphatic carbocycles. The first-order valence-electron chi connectivity index (χ1n) is 5.32. The molecule has 0 aliphatic rings. The number of methoxy groups -OCH3 is 1. The van der Waals surface area contributed by atoms with Crippen molar-refractivity contribution >= 4 is 10.8 Å². The van der Waals surface area contributed by atoms with Crippen molar-refractivity contribution in [2.24, 2.45) is 0 Å². The van der Waals surface area contributed by atoms with Gasteiger partial charge in [-0.05, 0) is 30.9 Å². The molecule has 0 amide bonds. The lowest BCUT2D eigenvalue weighted by molar-refractivity contribution is 0.0802. The first kappa shape index (κ1) is 11.0. The zero-order valence-corrected chi connectivity index (χ0v) is 9.82. The quantitative estimate of drug-likeness (QED) is 0.836. The van der Waals surface area contributed by atoms with Crippen molar-refractivity contribution in [2.45, 2.75) is 19.4 Å². The summed E-state index contributed by atoms with van der Waals surface area (Å²) in [5.41, 5.74) is 0.0789. The van der Waals surface area contributed by atoms with Crippen LogP contribution in [0.3, 0.4) is 0 Å². The summed E-state index contributed by atoms with van der Waals surface area (Å²) in [6, 6.07) is 11.8. The highest BCUT2D eigenvalue weighted by Gasteiger charge is 2.19. The summed E-state index contributed by atoms with van der Waals surface area (Å²) in [6.45, 7) is 3.59. The number of hydrogen-bond acceptors (Lipinski definition) is 2. The molecule has 16 heavy (non-hydrogen) atoms. The van der Waals surface area contributed by atoms with E-state index in [1.807, 2.05) is 36.4 Å². The summed E-state index contributed by atoms with van der Waals surface area (Å²) in [4.78, 5) is 0. The summed E-state index contributed by atoms with van der Waals surface area (Å²) < 4.78 is 5.31. The van der Waals surface area contributed by atoms with Crippen LogP contribution in [-0.2, 0) is 5.60 Å². The van der Waals surface area contributed by atoms with E-state index in [4.69, 9.17) is 4.74 Å². The molecule has 0 aliphatic heterocycles. The topological polar surface area (TPSA) is 29.5 Å². The van der Waals surface area contributed by atoms with E-state index in [1.54, 1.807) is 21.0 Å². The highest BCUT2D eigenvalue weighted by atomic mass is 16.5. The SMILES string of the molecule is COc1ccc(C(C)(C)O)c2ccccc12. The van der Waals surface area contributed by atoms with Gasteiger partial charge in [0.15, 0.2) is 0 Å². The molecular weight excluding hydrogens is 200 g/mol. The summed E-state index contributed by atoms with van der Waals surface area (Å²) in [6.07, 6.45) is 0. The van der Waals surface area contributed by atoms with Gasteiger partial charge in [-0.1, -0.05) is 30.3 Å². The molecule has 0 unspecified atom stereocenters. The normalized spacial score (nSPS) is 11.8. The van der Waals surface area contributed by atoms with E-state index >= 15 is 0 Å². The Labute approximate surface area is 95.5 Å². The molecule has 2 heteroatoms. The molecular formula is C14H16O2. The Morgan fingerprint density at radius 2 is 1.62 bits per heavy atom. The maximum absolute atomic E-state index is 10.1. The summed E-state index contributed by atoms with van der Waals surface area (Å²) >= 11 is 0. The molecule has 2 aromatic rings. The second-order valence-corrected chi connectivity index (χ2v) is 4.42. The fourth-order valence-electron chi connectivity index (χ4n) is 1.98. The van der Waals surface area contributed by atoms with Crippen molar-refractivity contribution in [3.63, 3.8) is 0 Å². The summed E-state index contributed by atoms with van der Waals surface area (Å²) in [7, 11) is 1.66. The van der Waals surface area contributed by atoms with Gasteiger partial charge in [0.1, 0.15) is 5.75 Å². The fourth-order valence-corrected chi connectivity index (χ4v) is 1.98. The Kier molecular flexibility index (Phi) is 2.60. The summed E-state index contributed by atoms with van der Waals surface area (Å²) in [5.74, 6) is 0.837. The van der Waals surface area contributed by atoms with Crippen LogP contribution in [0.2, 0.25) is 0 Å². The molecule has 0 radical (unpaired) electrons. The smallest absolute Gasteiger partial charge is 0.126 e. The lowest BCUT2D eigenvalue weighted by Crippen LogP contribution is -2.15. The highest BCUT2D eigenvalue weighted by Crippen LogP contribution is 2.33. The maximum Gasteiger partial charge on any atom is 0.126 e. The highest BCUT2D eigenvalue weighted by molar-refractivity contribution is 5.91. The Bertz CT molecular complexity index is 510. The van der Waals surface area contributed by atoms with E-state index in [0.717, 1.165) is 22.1 Å². The molecule has 0 fully saturated rings.